The molecule has 0 aromatic carbocycles. The van der Waals surface area contributed by atoms with Gasteiger partial charge >= 0.3 is 0 Å². The molecule has 0 aliphatic heterocycles. The minimum Gasteiger partial charge on any atom is -0.330 e. The van der Waals surface area contributed by atoms with E-state index in [1.807, 2.05) is 6.92 Å². The van der Waals surface area contributed by atoms with Gasteiger partial charge in [-0.15, -0.1) is 23.2 Å². The molecule has 102 valence electrons. The van der Waals surface area contributed by atoms with Gasteiger partial charge in [-0.3, -0.25) is 0 Å². The van der Waals surface area contributed by atoms with Crippen LogP contribution in [0, 0.1) is 5.92 Å². The Morgan fingerprint density at radius 1 is 1.06 bits per heavy atom. The molecule has 17 heavy (non-hydrogen) atoms. The average molecular weight is 280 g/mol. The fourth-order valence-corrected chi connectivity index (χ4v) is 2.21. The predicted octanol–water partition coefficient (Wildman–Crippen LogP) is 4.71. The van der Waals surface area contributed by atoms with Crippen LogP contribution in [0.2, 0.25) is 0 Å². The number of nitrogens with two attached hydrogens (primary N) is 1. The Morgan fingerprint density at radius 3 is 2.24 bits per heavy atom. The highest BCUT2D eigenvalue weighted by Crippen LogP contribution is 2.18. The van der Waals surface area contributed by atoms with E-state index < -0.39 is 0 Å². The summed E-state index contributed by atoms with van der Waals surface area (Å²) in [6.07, 6.45) is 11.2. The third kappa shape index (κ3) is 11.1. The Kier molecular flexibility index (Phi) is 11.6. The molecule has 0 bridgehead atoms. The number of rotatable bonds is 10. The molecule has 0 aliphatic carbocycles. The van der Waals surface area contributed by atoms with Crippen molar-refractivity contribution in [1.29, 1.82) is 0 Å². The lowest BCUT2D eigenvalue weighted by Gasteiger charge is -2.11. The first-order chi connectivity index (χ1) is 8.10. The summed E-state index contributed by atoms with van der Waals surface area (Å²) in [6, 6.07) is 0. The quantitative estimate of drug-likeness (QED) is 0.350. The third-order valence-electron chi connectivity index (χ3n) is 3.00. The maximum absolute atomic E-state index is 6.12. The van der Waals surface area contributed by atoms with Crippen molar-refractivity contribution in [3.63, 3.8) is 0 Å². The molecule has 1 nitrogen and oxygen atoms in total. The molecule has 0 rings (SSSR count). The first-order valence-corrected chi connectivity index (χ1v) is 7.64. The molecule has 3 atom stereocenters. The van der Waals surface area contributed by atoms with Gasteiger partial charge in [0.1, 0.15) is 0 Å². The Hall–Kier alpha value is 0.280. The lowest BCUT2D eigenvalue weighted by atomic mass is 9.97. The van der Waals surface area contributed by atoms with E-state index in [4.69, 9.17) is 28.9 Å². The Balaban J connectivity index is 3.63. The van der Waals surface area contributed by atoms with Gasteiger partial charge in [0.2, 0.25) is 0 Å². The molecule has 0 aromatic rings. The van der Waals surface area contributed by atoms with Crippen molar-refractivity contribution in [2.45, 2.75) is 63.1 Å². The maximum atomic E-state index is 6.12. The lowest BCUT2D eigenvalue weighted by Crippen LogP contribution is -2.08. The van der Waals surface area contributed by atoms with Gasteiger partial charge in [-0.2, -0.15) is 0 Å². The van der Waals surface area contributed by atoms with E-state index in [2.05, 4.69) is 19.1 Å². The zero-order chi connectivity index (χ0) is 13.1. The normalized spacial score (nSPS) is 17.2. The van der Waals surface area contributed by atoms with E-state index in [9.17, 15) is 0 Å². The molecule has 0 spiro atoms. The van der Waals surface area contributed by atoms with Gasteiger partial charge in [0.15, 0.2) is 0 Å². The largest absolute Gasteiger partial charge is 0.330 e. The summed E-state index contributed by atoms with van der Waals surface area (Å²) >= 11 is 12.0. The Morgan fingerprint density at radius 2 is 1.71 bits per heavy atom. The molecule has 0 fully saturated rings. The molecular formula is C14H27Cl2N. The standard InChI is InChI=1S/C14H27Cl2N/c1-3-13(9-8-12(2)15)6-4-5-7-14(16)10-11-17/h8-9,12-14H,3-7,10-11,17H2,1-2H3/b9-8-. The van der Waals surface area contributed by atoms with Crippen LogP contribution < -0.4 is 5.73 Å². The van der Waals surface area contributed by atoms with E-state index in [-0.39, 0.29) is 10.8 Å². The second-order valence-corrected chi connectivity index (χ2v) is 6.00. The number of hydrogen-bond donors (Lipinski definition) is 1. The Labute approximate surface area is 117 Å². The molecular weight excluding hydrogens is 253 g/mol. The van der Waals surface area contributed by atoms with Crippen molar-refractivity contribution >= 4 is 23.2 Å². The number of alkyl halides is 2. The SMILES string of the molecule is CCC(/C=C\C(C)Cl)CCCCC(Cl)CCN. The molecule has 3 heteroatoms. The van der Waals surface area contributed by atoms with Gasteiger partial charge < -0.3 is 5.73 Å². The van der Waals surface area contributed by atoms with Crippen LogP contribution in [-0.4, -0.2) is 17.3 Å². The Bertz CT molecular complexity index is 193. The summed E-state index contributed by atoms with van der Waals surface area (Å²) in [6.45, 7) is 4.92. The van der Waals surface area contributed by atoms with Crippen molar-refractivity contribution in [3.05, 3.63) is 12.2 Å². The zero-order valence-corrected chi connectivity index (χ0v) is 12.7. The average Bonchev–Trinajstić information content (AvgIpc) is 2.28. The second-order valence-electron chi connectivity index (χ2n) is 4.69. The van der Waals surface area contributed by atoms with Gasteiger partial charge in [-0.05, 0) is 45.1 Å². The first kappa shape index (κ1) is 17.3. The van der Waals surface area contributed by atoms with Crippen LogP contribution in [0.4, 0.5) is 0 Å². The van der Waals surface area contributed by atoms with Crippen molar-refractivity contribution in [2.24, 2.45) is 11.7 Å². The highest BCUT2D eigenvalue weighted by molar-refractivity contribution is 6.21. The van der Waals surface area contributed by atoms with E-state index in [1.54, 1.807) is 0 Å². The molecule has 0 heterocycles. The molecule has 0 saturated heterocycles. The fourth-order valence-electron chi connectivity index (χ4n) is 1.84. The van der Waals surface area contributed by atoms with Crippen LogP contribution >= 0.6 is 23.2 Å². The summed E-state index contributed by atoms with van der Waals surface area (Å²) in [5.74, 6) is 0.666. The number of allylic oxidation sites excluding steroid dienone is 2. The minimum atomic E-state index is 0.140. The molecule has 0 aromatic heterocycles. The highest BCUT2D eigenvalue weighted by atomic mass is 35.5. The molecule has 0 radical (unpaired) electrons. The summed E-state index contributed by atoms with van der Waals surface area (Å²) in [5.41, 5.74) is 5.47. The zero-order valence-electron chi connectivity index (χ0n) is 11.2. The molecule has 0 aliphatic rings. The van der Waals surface area contributed by atoms with Crippen LogP contribution in [0.3, 0.4) is 0 Å². The van der Waals surface area contributed by atoms with Gasteiger partial charge in [0, 0.05) is 10.8 Å². The van der Waals surface area contributed by atoms with Crippen LogP contribution in [0.5, 0.6) is 0 Å². The summed E-state index contributed by atoms with van der Waals surface area (Å²) in [4.78, 5) is 0. The van der Waals surface area contributed by atoms with Crippen LogP contribution in [-0.2, 0) is 0 Å². The van der Waals surface area contributed by atoms with Crippen molar-refractivity contribution < 1.29 is 0 Å². The summed E-state index contributed by atoms with van der Waals surface area (Å²) < 4.78 is 0. The summed E-state index contributed by atoms with van der Waals surface area (Å²) in [7, 11) is 0. The number of halogens is 2. The van der Waals surface area contributed by atoms with Crippen molar-refractivity contribution in [3.8, 4) is 0 Å². The highest BCUT2D eigenvalue weighted by Gasteiger charge is 2.05. The fraction of sp³-hybridized carbons (Fsp3) is 0.857. The van der Waals surface area contributed by atoms with Gasteiger partial charge in [0.05, 0.1) is 0 Å². The van der Waals surface area contributed by atoms with E-state index >= 15 is 0 Å². The lowest BCUT2D eigenvalue weighted by molar-refractivity contribution is 0.512. The van der Waals surface area contributed by atoms with Crippen molar-refractivity contribution in [2.75, 3.05) is 6.54 Å². The first-order valence-electron chi connectivity index (χ1n) is 6.76. The second kappa shape index (κ2) is 11.4. The van der Waals surface area contributed by atoms with E-state index in [0.29, 0.717) is 12.5 Å². The van der Waals surface area contributed by atoms with Crippen LogP contribution in [0.1, 0.15) is 52.4 Å². The molecule has 3 unspecified atom stereocenters. The summed E-state index contributed by atoms with van der Waals surface area (Å²) in [5, 5.41) is 0.402. The van der Waals surface area contributed by atoms with Gasteiger partial charge in [-0.1, -0.05) is 31.9 Å². The topological polar surface area (TPSA) is 26.0 Å². The predicted molar refractivity (Wildman–Crippen MR) is 80.0 cm³/mol. The monoisotopic (exact) mass is 279 g/mol. The van der Waals surface area contributed by atoms with Crippen molar-refractivity contribution in [1.82, 2.24) is 0 Å². The number of hydrogen-bond acceptors (Lipinski definition) is 1. The van der Waals surface area contributed by atoms with Gasteiger partial charge in [-0.25, -0.2) is 0 Å². The minimum absolute atomic E-state index is 0.140. The molecule has 0 saturated carbocycles. The molecule has 0 amide bonds. The van der Waals surface area contributed by atoms with Gasteiger partial charge in [0.25, 0.3) is 0 Å². The van der Waals surface area contributed by atoms with E-state index in [1.165, 1.54) is 25.7 Å². The molecule has 2 N–H and O–H groups in total. The maximum Gasteiger partial charge on any atom is 0.0487 e. The number of unbranched alkanes of at least 4 members (excludes halogenated alkanes) is 1. The smallest absolute Gasteiger partial charge is 0.0487 e. The van der Waals surface area contributed by atoms with Crippen LogP contribution in [0.15, 0.2) is 12.2 Å². The van der Waals surface area contributed by atoms with E-state index in [0.717, 1.165) is 12.8 Å². The third-order valence-corrected chi connectivity index (χ3v) is 3.58. The van der Waals surface area contributed by atoms with Crippen LogP contribution in [0.25, 0.3) is 0 Å².